The number of pyridine rings is 1. The molecule has 0 aliphatic heterocycles. The number of benzene rings is 2. The number of halogens is 6. The molecule has 13 heteroatoms. The minimum atomic E-state index is -4.58. The second-order valence-corrected chi connectivity index (χ2v) is 6.72. The first-order valence-corrected chi connectivity index (χ1v) is 9.38. The number of hydrogen-bond acceptors (Lipinski definition) is 3. The van der Waals surface area contributed by atoms with E-state index in [-0.39, 0.29) is 23.0 Å². The molecule has 0 unspecified atom stereocenters. The Morgan fingerprint density at radius 3 is 1.35 bits per heavy atom. The van der Waals surface area contributed by atoms with Crippen LogP contribution in [0.2, 0.25) is 0 Å². The molecule has 0 saturated carbocycles. The standard InChI is InChI=1S/C21H15F6N5O2/c22-20(23,24)12-4-1-6-14(10-12)28-18(33)31-16-8-3-9-17(30-16)32-19(34)29-15-7-2-5-13(11-15)21(25,26)27/h1-11H,(H4,28,29,30,31,32,33,34). The largest absolute Gasteiger partial charge is 0.416 e. The molecule has 0 spiro atoms. The monoisotopic (exact) mass is 483 g/mol. The Bertz CT molecular complexity index is 1110. The Morgan fingerprint density at radius 1 is 0.588 bits per heavy atom. The van der Waals surface area contributed by atoms with Gasteiger partial charge in [0, 0.05) is 11.4 Å². The summed E-state index contributed by atoms with van der Waals surface area (Å²) in [7, 11) is 0. The van der Waals surface area contributed by atoms with Gasteiger partial charge in [0.15, 0.2) is 0 Å². The van der Waals surface area contributed by atoms with Gasteiger partial charge in [-0.3, -0.25) is 10.6 Å². The van der Waals surface area contributed by atoms with Gasteiger partial charge in [0.1, 0.15) is 11.6 Å². The summed E-state index contributed by atoms with van der Waals surface area (Å²) in [6.07, 6.45) is -9.16. The van der Waals surface area contributed by atoms with Gasteiger partial charge in [-0.2, -0.15) is 26.3 Å². The Morgan fingerprint density at radius 2 is 0.971 bits per heavy atom. The third kappa shape index (κ3) is 6.85. The van der Waals surface area contributed by atoms with Crippen molar-refractivity contribution < 1.29 is 35.9 Å². The van der Waals surface area contributed by atoms with Crippen molar-refractivity contribution in [1.29, 1.82) is 0 Å². The number of urea groups is 2. The normalized spacial score (nSPS) is 11.5. The zero-order valence-electron chi connectivity index (χ0n) is 16.9. The number of nitrogens with zero attached hydrogens (tertiary/aromatic N) is 1. The predicted octanol–water partition coefficient (Wildman–Crippen LogP) is 6.41. The molecule has 1 aromatic heterocycles. The average molecular weight is 483 g/mol. The summed E-state index contributed by atoms with van der Waals surface area (Å²) in [6, 6.07) is 10.3. The minimum Gasteiger partial charge on any atom is -0.308 e. The van der Waals surface area contributed by atoms with Crippen LogP contribution in [0.1, 0.15) is 11.1 Å². The number of anilines is 4. The van der Waals surface area contributed by atoms with Crippen molar-refractivity contribution in [2.45, 2.75) is 12.4 Å². The number of carbonyl (C=O) groups excluding carboxylic acids is 2. The number of carbonyl (C=O) groups is 2. The lowest BCUT2D eigenvalue weighted by Gasteiger charge is -2.12. The first kappa shape index (κ1) is 24.4. The van der Waals surface area contributed by atoms with Crippen LogP contribution >= 0.6 is 0 Å². The van der Waals surface area contributed by atoms with Crippen LogP contribution in [-0.4, -0.2) is 17.0 Å². The van der Waals surface area contributed by atoms with Gasteiger partial charge in [-0.05, 0) is 48.5 Å². The fraction of sp³-hybridized carbons (Fsp3) is 0.0952. The minimum absolute atomic E-state index is 0.0543. The summed E-state index contributed by atoms with van der Waals surface area (Å²) in [4.78, 5) is 28.1. The molecule has 3 aromatic rings. The number of amides is 4. The summed E-state index contributed by atoms with van der Waals surface area (Å²) < 4.78 is 76.7. The van der Waals surface area contributed by atoms with Gasteiger partial charge >= 0.3 is 24.4 Å². The van der Waals surface area contributed by atoms with E-state index in [1.807, 2.05) is 0 Å². The molecule has 3 rings (SSSR count). The van der Waals surface area contributed by atoms with Crippen molar-refractivity contribution in [2.24, 2.45) is 0 Å². The van der Waals surface area contributed by atoms with Gasteiger partial charge in [-0.1, -0.05) is 18.2 Å². The molecule has 0 bridgehead atoms. The van der Waals surface area contributed by atoms with E-state index in [9.17, 15) is 35.9 Å². The summed E-state index contributed by atoms with van der Waals surface area (Å²) >= 11 is 0. The lowest BCUT2D eigenvalue weighted by Crippen LogP contribution is -2.22. The van der Waals surface area contributed by atoms with Gasteiger partial charge in [0.05, 0.1) is 11.1 Å². The maximum absolute atomic E-state index is 12.8. The third-order valence-electron chi connectivity index (χ3n) is 4.13. The summed E-state index contributed by atoms with van der Waals surface area (Å²) in [5.41, 5.74) is -2.10. The average Bonchev–Trinajstić information content (AvgIpc) is 2.73. The van der Waals surface area contributed by atoms with Crippen LogP contribution in [0.15, 0.2) is 66.7 Å². The van der Waals surface area contributed by atoms with Crippen molar-refractivity contribution in [3.05, 3.63) is 77.9 Å². The topological polar surface area (TPSA) is 95.2 Å². The van der Waals surface area contributed by atoms with Gasteiger partial charge < -0.3 is 10.6 Å². The smallest absolute Gasteiger partial charge is 0.308 e. The lowest BCUT2D eigenvalue weighted by molar-refractivity contribution is -0.138. The molecule has 7 nitrogen and oxygen atoms in total. The highest BCUT2D eigenvalue weighted by molar-refractivity contribution is 6.01. The molecule has 0 aliphatic rings. The molecule has 2 aromatic carbocycles. The lowest BCUT2D eigenvalue weighted by atomic mass is 10.2. The molecule has 1 heterocycles. The fourth-order valence-corrected chi connectivity index (χ4v) is 2.68. The highest BCUT2D eigenvalue weighted by Crippen LogP contribution is 2.31. The van der Waals surface area contributed by atoms with Crippen LogP contribution < -0.4 is 21.3 Å². The van der Waals surface area contributed by atoms with Crippen molar-refractivity contribution in [3.8, 4) is 0 Å². The van der Waals surface area contributed by atoms with Crippen molar-refractivity contribution in [2.75, 3.05) is 21.3 Å². The zero-order chi connectivity index (χ0) is 24.9. The third-order valence-corrected chi connectivity index (χ3v) is 4.13. The quantitative estimate of drug-likeness (QED) is 0.323. The molecule has 4 amide bonds. The van der Waals surface area contributed by atoms with Crippen LogP contribution in [0.4, 0.5) is 58.9 Å². The summed E-state index contributed by atoms with van der Waals surface area (Å²) in [5, 5.41) is 9.06. The van der Waals surface area contributed by atoms with Gasteiger partial charge in [0.25, 0.3) is 0 Å². The van der Waals surface area contributed by atoms with Crippen molar-refractivity contribution in [1.82, 2.24) is 4.98 Å². The van der Waals surface area contributed by atoms with E-state index in [0.717, 1.165) is 36.4 Å². The first-order chi connectivity index (χ1) is 15.9. The molecule has 0 aliphatic carbocycles. The van der Waals surface area contributed by atoms with Gasteiger partial charge in [-0.15, -0.1) is 0 Å². The Kier molecular flexibility index (Phi) is 6.94. The van der Waals surface area contributed by atoms with Crippen LogP contribution in [0, 0.1) is 0 Å². The molecular weight excluding hydrogens is 468 g/mol. The van der Waals surface area contributed by atoms with Gasteiger partial charge in [0.2, 0.25) is 0 Å². The van der Waals surface area contributed by atoms with E-state index in [1.54, 1.807) is 0 Å². The van der Waals surface area contributed by atoms with E-state index < -0.39 is 35.5 Å². The number of alkyl halides is 6. The number of hydrogen-bond donors (Lipinski definition) is 4. The second kappa shape index (κ2) is 9.68. The van der Waals surface area contributed by atoms with Crippen LogP contribution in [0.3, 0.4) is 0 Å². The summed E-state index contributed by atoms with van der Waals surface area (Å²) in [5.74, 6) is -0.109. The molecule has 0 saturated heterocycles. The molecule has 0 radical (unpaired) electrons. The zero-order valence-corrected chi connectivity index (χ0v) is 16.9. The Balaban J connectivity index is 1.61. The number of aromatic nitrogens is 1. The molecule has 4 N–H and O–H groups in total. The first-order valence-electron chi connectivity index (χ1n) is 9.38. The molecule has 178 valence electrons. The maximum Gasteiger partial charge on any atom is 0.416 e. The van der Waals surface area contributed by atoms with Crippen LogP contribution in [-0.2, 0) is 12.4 Å². The van der Waals surface area contributed by atoms with Crippen molar-refractivity contribution >= 4 is 35.1 Å². The van der Waals surface area contributed by atoms with E-state index in [4.69, 9.17) is 0 Å². The summed E-state index contributed by atoms with van der Waals surface area (Å²) in [6.45, 7) is 0. The van der Waals surface area contributed by atoms with Crippen molar-refractivity contribution in [3.63, 3.8) is 0 Å². The van der Waals surface area contributed by atoms with Crippen LogP contribution in [0.5, 0.6) is 0 Å². The maximum atomic E-state index is 12.8. The molecular formula is C21H15F6N5O2. The number of nitrogens with one attached hydrogen (secondary N) is 4. The number of rotatable bonds is 4. The van der Waals surface area contributed by atoms with E-state index >= 15 is 0 Å². The Labute approximate surface area is 188 Å². The predicted molar refractivity (Wildman–Crippen MR) is 112 cm³/mol. The van der Waals surface area contributed by atoms with Gasteiger partial charge in [-0.25, -0.2) is 14.6 Å². The SMILES string of the molecule is O=C(Nc1cccc(C(F)(F)F)c1)Nc1cccc(NC(=O)Nc2cccc(C(F)(F)F)c2)n1. The second-order valence-electron chi connectivity index (χ2n) is 6.72. The van der Waals surface area contributed by atoms with E-state index in [2.05, 4.69) is 26.3 Å². The highest BCUT2D eigenvalue weighted by Gasteiger charge is 2.31. The molecule has 0 fully saturated rings. The highest BCUT2D eigenvalue weighted by atomic mass is 19.4. The van der Waals surface area contributed by atoms with Crippen LogP contribution in [0.25, 0.3) is 0 Å². The Hall–Kier alpha value is -4.29. The fourth-order valence-electron chi connectivity index (χ4n) is 2.68. The molecule has 34 heavy (non-hydrogen) atoms. The van der Waals surface area contributed by atoms with E-state index in [1.165, 1.54) is 30.3 Å². The molecule has 0 atom stereocenters. The van der Waals surface area contributed by atoms with E-state index in [0.29, 0.717) is 0 Å².